The topological polar surface area (TPSA) is 75.9 Å². The number of carbonyl (C=O) groups excluding carboxylic acids is 1. The maximum Gasteiger partial charge on any atom is 0.267 e. The molecule has 172 valence electrons. The summed E-state index contributed by atoms with van der Waals surface area (Å²) in [6.45, 7) is 11.1. The molecule has 0 aliphatic carbocycles. The summed E-state index contributed by atoms with van der Waals surface area (Å²) in [5.74, 6) is 0.294. The van der Waals surface area contributed by atoms with Crippen molar-refractivity contribution in [2.75, 3.05) is 18.5 Å². The number of carbonyl (C=O) groups is 1. The van der Waals surface area contributed by atoms with Gasteiger partial charge in [-0.05, 0) is 58.2 Å². The SMILES string of the molecule is CC[C@H](C)N1C(=O)/C(=C/c2c(NCCCOC(C)C)nc3c(C)cccn3c2=O)SC1=S. The van der Waals surface area contributed by atoms with Crippen LogP contribution >= 0.6 is 24.0 Å². The summed E-state index contributed by atoms with van der Waals surface area (Å²) in [5.41, 5.74) is 1.60. The van der Waals surface area contributed by atoms with Crippen LogP contribution in [0.5, 0.6) is 0 Å². The molecule has 0 radical (unpaired) electrons. The molecule has 32 heavy (non-hydrogen) atoms. The summed E-state index contributed by atoms with van der Waals surface area (Å²) >= 11 is 6.66. The first-order valence-electron chi connectivity index (χ1n) is 10.9. The first-order valence-corrected chi connectivity index (χ1v) is 12.1. The van der Waals surface area contributed by atoms with Gasteiger partial charge in [0, 0.05) is 25.4 Å². The van der Waals surface area contributed by atoms with E-state index >= 15 is 0 Å². The minimum Gasteiger partial charge on any atom is -0.379 e. The largest absolute Gasteiger partial charge is 0.379 e. The molecule has 0 bridgehead atoms. The third-order valence-corrected chi connectivity index (χ3v) is 6.61. The normalized spacial score (nSPS) is 16.6. The Hall–Kier alpha value is -2.23. The fourth-order valence-electron chi connectivity index (χ4n) is 3.35. The summed E-state index contributed by atoms with van der Waals surface area (Å²) in [7, 11) is 0. The number of rotatable bonds is 9. The van der Waals surface area contributed by atoms with Gasteiger partial charge < -0.3 is 10.1 Å². The first kappa shape index (κ1) is 24.4. The van der Waals surface area contributed by atoms with Crippen molar-refractivity contribution in [1.29, 1.82) is 0 Å². The molecule has 0 unspecified atom stereocenters. The summed E-state index contributed by atoms with van der Waals surface area (Å²) in [5, 5.41) is 3.28. The molecule has 1 fully saturated rings. The molecule has 2 aromatic heterocycles. The lowest BCUT2D eigenvalue weighted by Gasteiger charge is -2.21. The van der Waals surface area contributed by atoms with Gasteiger partial charge in [-0.2, -0.15) is 0 Å². The van der Waals surface area contributed by atoms with Crippen molar-refractivity contribution in [2.24, 2.45) is 0 Å². The van der Waals surface area contributed by atoms with Gasteiger partial charge in [0.25, 0.3) is 11.5 Å². The molecule has 1 aliphatic heterocycles. The number of aryl methyl sites for hydroxylation is 1. The van der Waals surface area contributed by atoms with Gasteiger partial charge in [-0.1, -0.05) is 37.0 Å². The number of aromatic nitrogens is 2. The van der Waals surface area contributed by atoms with Crippen LogP contribution in [0.25, 0.3) is 11.7 Å². The van der Waals surface area contributed by atoms with Crippen LogP contribution in [-0.2, 0) is 9.53 Å². The maximum absolute atomic E-state index is 13.4. The fraction of sp³-hybridized carbons (Fsp3) is 0.478. The molecular weight excluding hydrogens is 444 g/mol. The van der Waals surface area contributed by atoms with Crippen molar-refractivity contribution in [2.45, 2.75) is 59.6 Å². The Morgan fingerprint density at radius 3 is 2.75 bits per heavy atom. The average molecular weight is 475 g/mol. The van der Waals surface area contributed by atoms with Crippen LogP contribution in [0.15, 0.2) is 28.0 Å². The Labute approximate surface area is 198 Å². The highest BCUT2D eigenvalue weighted by Crippen LogP contribution is 2.34. The van der Waals surface area contributed by atoms with Crippen LogP contribution in [0.2, 0.25) is 0 Å². The minimum atomic E-state index is -0.228. The highest BCUT2D eigenvalue weighted by molar-refractivity contribution is 8.26. The van der Waals surface area contributed by atoms with Crippen LogP contribution in [0, 0.1) is 6.92 Å². The number of hydrogen-bond donors (Lipinski definition) is 1. The van der Waals surface area contributed by atoms with Crippen molar-refractivity contribution in [3.05, 3.63) is 44.7 Å². The van der Waals surface area contributed by atoms with E-state index < -0.39 is 0 Å². The van der Waals surface area contributed by atoms with Crippen LogP contribution < -0.4 is 10.9 Å². The van der Waals surface area contributed by atoms with E-state index in [1.807, 2.05) is 46.8 Å². The second-order valence-electron chi connectivity index (χ2n) is 8.07. The molecule has 7 nitrogen and oxygen atoms in total. The Morgan fingerprint density at radius 1 is 1.31 bits per heavy atom. The number of hydrogen-bond acceptors (Lipinski definition) is 7. The van der Waals surface area contributed by atoms with Crippen molar-refractivity contribution in [3.8, 4) is 0 Å². The van der Waals surface area contributed by atoms with E-state index in [9.17, 15) is 9.59 Å². The Morgan fingerprint density at radius 2 is 2.06 bits per heavy atom. The van der Waals surface area contributed by atoms with Gasteiger partial charge in [-0.25, -0.2) is 4.98 Å². The molecular formula is C23H30N4O3S2. The van der Waals surface area contributed by atoms with Gasteiger partial charge in [0.1, 0.15) is 15.8 Å². The zero-order valence-electron chi connectivity index (χ0n) is 19.2. The van der Waals surface area contributed by atoms with E-state index in [2.05, 4.69) is 5.32 Å². The van der Waals surface area contributed by atoms with Crippen LogP contribution in [0.4, 0.5) is 5.82 Å². The molecule has 0 spiro atoms. The minimum absolute atomic E-state index is 0.00503. The zero-order chi connectivity index (χ0) is 23.4. The number of ether oxygens (including phenoxy) is 1. The summed E-state index contributed by atoms with van der Waals surface area (Å²) < 4.78 is 7.63. The summed E-state index contributed by atoms with van der Waals surface area (Å²) in [4.78, 5) is 33.2. The van der Waals surface area contributed by atoms with E-state index in [1.165, 1.54) is 16.2 Å². The van der Waals surface area contributed by atoms with Gasteiger partial charge >= 0.3 is 0 Å². The fourth-order valence-corrected chi connectivity index (χ4v) is 4.79. The highest BCUT2D eigenvalue weighted by Gasteiger charge is 2.35. The quantitative estimate of drug-likeness (QED) is 0.331. The molecule has 1 saturated heterocycles. The van der Waals surface area contributed by atoms with Crippen molar-refractivity contribution in [3.63, 3.8) is 0 Å². The van der Waals surface area contributed by atoms with E-state index in [0.717, 1.165) is 18.4 Å². The Kier molecular flexibility index (Phi) is 8.08. The lowest BCUT2D eigenvalue weighted by atomic mass is 10.2. The molecule has 1 atom stereocenters. The molecule has 9 heteroatoms. The molecule has 0 aromatic carbocycles. The number of anilines is 1. The van der Waals surface area contributed by atoms with Gasteiger partial charge in [0.05, 0.1) is 16.6 Å². The number of thioether (sulfide) groups is 1. The molecule has 1 amide bonds. The van der Waals surface area contributed by atoms with Gasteiger partial charge in [-0.15, -0.1) is 0 Å². The zero-order valence-corrected chi connectivity index (χ0v) is 20.8. The smallest absolute Gasteiger partial charge is 0.267 e. The number of amides is 1. The lowest BCUT2D eigenvalue weighted by Crippen LogP contribution is -2.36. The van der Waals surface area contributed by atoms with Crippen molar-refractivity contribution >= 4 is 51.7 Å². The molecule has 0 saturated carbocycles. The third-order valence-electron chi connectivity index (χ3n) is 5.28. The monoisotopic (exact) mass is 474 g/mol. The standard InChI is InChI=1S/C23H30N4O3S2/c1-6-16(5)27-22(29)18(32-23(27)31)13-17-19(24-10-8-12-30-14(2)3)25-20-15(4)9-7-11-26(20)21(17)28/h7,9,11,13-14,16,24H,6,8,10,12H2,1-5H3/b18-13-/t16-/m0/s1. The lowest BCUT2D eigenvalue weighted by molar-refractivity contribution is -0.123. The second-order valence-corrected chi connectivity index (χ2v) is 9.75. The van der Waals surface area contributed by atoms with Gasteiger partial charge in [-0.3, -0.25) is 18.9 Å². The maximum atomic E-state index is 13.4. The van der Waals surface area contributed by atoms with E-state index in [1.54, 1.807) is 17.2 Å². The Balaban J connectivity index is 2.00. The van der Waals surface area contributed by atoms with Gasteiger partial charge in [0.15, 0.2) is 0 Å². The molecule has 1 N–H and O–H groups in total. The summed E-state index contributed by atoms with van der Waals surface area (Å²) in [6, 6.07) is 3.73. The predicted molar refractivity (Wildman–Crippen MR) is 135 cm³/mol. The average Bonchev–Trinajstić information content (AvgIpc) is 3.03. The van der Waals surface area contributed by atoms with Crippen LogP contribution in [-0.4, -0.2) is 49.8 Å². The predicted octanol–water partition coefficient (Wildman–Crippen LogP) is 4.23. The van der Waals surface area contributed by atoms with Crippen LogP contribution in [0.1, 0.15) is 51.7 Å². The van der Waals surface area contributed by atoms with E-state index in [4.69, 9.17) is 21.9 Å². The number of thiocarbonyl (C=S) groups is 1. The van der Waals surface area contributed by atoms with Gasteiger partial charge in [0.2, 0.25) is 0 Å². The Bertz CT molecular complexity index is 1110. The molecule has 3 rings (SSSR count). The molecule has 3 heterocycles. The highest BCUT2D eigenvalue weighted by atomic mass is 32.2. The van der Waals surface area contributed by atoms with E-state index in [-0.39, 0.29) is 23.6 Å². The van der Waals surface area contributed by atoms with Crippen molar-refractivity contribution in [1.82, 2.24) is 14.3 Å². The number of pyridine rings is 1. The summed E-state index contributed by atoms with van der Waals surface area (Å²) in [6.07, 6.45) is 5.05. The first-order chi connectivity index (χ1) is 15.2. The van der Waals surface area contributed by atoms with Crippen LogP contribution in [0.3, 0.4) is 0 Å². The number of nitrogens with one attached hydrogen (secondary N) is 1. The van der Waals surface area contributed by atoms with Crippen molar-refractivity contribution < 1.29 is 9.53 Å². The number of fused-ring (bicyclic) bond motifs is 1. The second kappa shape index (κ2) is 10.6. The third kappa shape index (κ3) is 5.22. The number of nitrogens with zero attached hydrogens (tertiary/aromatic N) is 3. The van der Waals surface area contributed by atoms with E-state index in [0.29, 0.717) is 39.4 Å². The molecule has 1 aliphatic rings. The molecule has 2 aromatic rings.